The van der Waals surface area contributed by atoms with Crippen LogP contribution in [0.1, 0.15) is 45.1 Å². The van der Waals surface area contributed by atoms with Gasteiger partial charge in [0.15, 0.2) is 16.6 Å². The van der Waals surface area contributed by atoms with E-state index < -0.39 is 42.3 Å². The predicted octanol–water partition coefficient (Wildman–Crippen LogP) is 8.81. The Morgan fingerprint density at radius 3 is 1.62 bits per heavy atom. The van der Waals surface area contributed by atoms with Crippen LogP contribution in [0.2, 0.25) is 77.6 Å². The third-order valence-electron chi connectivity index (χ3n) is 5.51. The summed E-state index contributed by atoms with van der Waals surface area (Å²) in [5, 5.41) is 0. The van der Waals surface area contributed by atoms with Crippen LogP contribution in [0.4, 0.5) is 0 Å². The molecule has 0 saturated heterocycles. The van der Waals surface area contributed by atoms with E-state index in [1.54, 1.807) is 0 Å². The minimum atomic E-state index is -2.64. The highest BCUT2D eigenvalue weighted by Crippen LogP contribution is 2.36. The van der Waals surface area contributed by atoms with E-state index in [9.17, 15) is 0 Å². The van der Waals surface area contributed by atoms with Crippen LogP contribution in [-0.4, -0.2) is 42.3 Å². The predicted molar refractivity (Wildman–Crippen MR) is 160 cm³/mol. The maximum Gasteiger partial charge on any atom is 0.317 e. The average Bonchev–Trinajstić information content (AvgIpc) is 2.56. The summed E-state index contributed by atoms with van der Waals surface area (Å²) < 4.78 is 28.0. The first-order valence-electron chi connectivity index (χ1n) is 13.1. The quantitative estimate of drug-likeness (QED) is 0.201. The molecule has 0 bridgehead atoms. The van der Waals surface area contributed by atoms with E-state index in [4.69, 9.17) is 16.5 Å². The second-order valence-corrected chi connectivity index (χ2v) is 32.8. The lowest BCUT2D eigenvalue weighted by Gasteiger charge is -2.45. The first-order valence-corrected chi connectivity index (χ1v) is 27.8. The van der Waals surface area contributed by atoms with Crippen molar-refractivity contribution >= 4 is 42.3 Å². The highest BCUT2D eigenvalue weighted by molar-refractivity contribution is 6.91. The Kier molecular flexibility index (Phi) is 11.9. The van der Waals surface area contributed by atoms with Gasteiger partial charge >= 0.3 is 25.7 Å². The van der Waals surface area contributed by atoms with Crippen molar-refractivity contribution < 1.29 is 16.5 Å². The molecule has 4 unspecified atom stereocenters. The van der Waals surface area contributed by atoms with Crippen LogP contribution in [0.5, 0.6) is 0 Å². The molecule has 0 aliphatic heterocycles. The van der Waals surface area contributed by atoms with Gasteiger partial charge < -0.3 is 16.5 Å². The molecule has 0 spiro atoms. The molecule has 4 nitrogen and oxygen atoms in total. The first-order chi connectivity index (χ1) is 15.3. The van der Waals surface area contributed by atoms with Crippen molar-refractivity contribution in [2.24, 2.45) is 5.92 Å². The van der Waals surface area contributed by atoms with Crippen molar-refractivity contribution in [2.45, 2.75) is 117 Å². The van der Waals surface area contributed by atoms with Gasteiger partial charge in [-0.2, -0.15) is 0 Å². The molecule has 1 aromatic rings. The van der Waals surface area contributed by atoms with Gasteiger partial charge in [-0.25, -0.2) is 0 Å². The number of benzene rings is 1. The monoisotopic (exact) mass is 558 g/mol. The van der Waals surface area contributed by atoms with Crippen molar-refractivity contribution in [3.63, 3.8) is 0 Å². The summed E-state index contributed by atoms with van der Waals surface area (Å²) >= 11 is 0. The molecule has 198 valence electrons. The Morgan fingerprint density at radius 1 is 0.647 bits per heavy atom. The largest absolute Gasteiger partial charge is 0.437 e. The number of rotatable bonds is 15. The fraction of sp³-hybridized carbons (Fsp3) is 0.760. The van der Waals surface area contributed by atoms with E-state index >= 15 is 0 Å². The van der Waals surface area contributed by atoms with E-state index in [1.165, 1.54) is 18.4 Å². The second-order valence-electron chi connectivity index (χ2n) is 12.9. The summed E-state index contributed by atoms with van der Waals surface area (Å²) in [5.41, 5.74) is 1.34. The maximum absolute atomic E-state index is 7.30. The summed E-state index contributed by atoms with van der Waals surface area (Å²) in [6.45, 7) is 29.5. The fourth-order valence-electron chi connectivity index (χ4n) is 5.27. The zero-order valence-electron chi connectivity index (χ0n) is 24.5. The van der Waals surface area contributed by atoms with Crippen LogP contribution >= 0.6 is 0 Å². The Morgan fingerprint density at radius 2 is 1.15 bits per heavy atom. The normalized spacial score (nSPS) is 18.7. The van der Waals surface area contributed by atoms with Crippen molar-refractivity contribution in [3.8, 4) is 0 Å². The molecule has 4 atom stereocenters. The number of hydrogen-bond acceptors (Lipinski definition) is 4. The van der Waals surface area contributed by atoms with E-state index in [0.29, 0.717) is 11.8 Å². The van der Waals surface area contributed by atoms with Crippen LogP contribution in [0, 0.1) is 5.92 Å². The number of hydrogen-bond donors (Lipinski definition) is 0. The van der Waals surface area contributed by atoms with Crippen molar-refractivity contribution in [1.82, 2.24) is 0 Å². The van der Waals surface area contributed by atoms with Gasteiger partial charge in [0.2, 0.25) is 0 Å². The molecule has 0 aromatic heterocycles. The van der Waals surface area contributed by atoms with Gasteiger partial charge in [-0.3, -0.25) is 0 Å². The second kappa shape index (κ2) is 12.6. The summed E-state index contributed by atoms with van der Waals surface area (Å²) in [4.78, 5) is 0. The van der Waals surface area contributed by atoms with Crippen molar-refractivity contribution in [2.75, 3.05) is 0 Å². The Balaban J connectivity index is 3.35. The third kappa shape index (κ3) is 12.9. The van der Waals surface area contributed by atoms with Gasteiger partial charge in [-0.15, -0.1) is 0 Å². The zero-order chi connectivity index (χ0) is 26.4. The van der Waals surface area contributed by atoms with E-state index in [1.807, 2.05) is 0 Å². The van der Waals surface area contributed by atoms with Gasteiger partial charge in [-0.05, 0) is 95.0 Å². The minimum absolute atomic E-state index is 0.354. The van der Waals surface area contributed by atoms with Crippen LogP contribution in [0.3, 0.4) is 0 Å². The Bertz CT molecular complexity index is 735. The highest BCUT2D eigenvalue weighted by atomic mass is 28.5. The summed E-state index contributed by atoms with van der Waals surface area (Å²) in [7, 11) is -11.0. The van der Waals surface area contributed by atoms with Gasteiger partial charge in [-0.1, -0.05) is 63.9 Å². The molecule has 0 aliphatic carbocycles. The molecule has 0 N–H and O–H groups in total. The molecular formula is C25H54O4Si5. The van der Waals surface area contributed by atoms with Crippen molar-refractivity contribution in [3.05, 3.63) is 35.9 Å². The molecule has 0 saturated carbocycles. The lowest BCUT2D eigenvalue weighted by molar-refractivity contribution is 0.281. The molecule has 0 aliphatic rings. The molecular weight excluding hydrogens is 505 g/mol. The van der Waals surface area contributed by atoms with E-state index in [2.05, 4.69) is 117 Å². The van der Waals surface area contributed by atoms with Gasteiger partial charge in [0.25, 0.3) is 0 Å². The summed E-state index contributed by atoms with van der Waals surface area (Å²) in [6.07, 6.45) is 2.40. The van der Waals surface area contributed by atoms with Crippen LogP contribution < -0.4 is 0 Å². The standard InChI is InChI=1S/C25H54O4Si5/c1-14-18-23(2)21-33(12,27-31(7,8)9)29-34(13,28-32(10,11)26-30(4,5)6)22-24(3)25-19-16-15-17-20-25/h15-17,19-20,23-24H,14,18,21-22H2,1-13H3. The molecule has 0 amide bonds. The van der Waals surface area contributed by atoms with Crippen LogP contribution in [0.25, 0.3) is 0 Å². The molecule has 1 rings (SSSR count). The maximum atomic E-state index is 7.30. The van der Waals surface area contributed by atoms with E-state index in [0.717, 1.165) is 12.1 Å². The van der Waals surface area contributed by atoms with Crippen LogP contribution in [0.15, 0.2) is 30.3 Å². The Labute approximate surface area is 217 Å². The SMILES string of the molecule is CCCC(C)C[Si](C)(O[Si](C)(C)C)O[Si](C)(CC(C)c1ccccc1)O[Si](C)(C)O[Si](C)(C)C. The third-order valence-corrected chi connectivity index (χ3v) is 24.0. The first kappa shape index (κ1) is 32.2. The summed E-state index contributed by atoms with van der Waals surface area (Å²) in [5.74, 6) is 0.944. The Hall–Kier alpha value is 0.144. The van der Waals surface area contributed by atoms with Gasteiger partial charge in [0.1, 0.15) is 0 Å². The minimum Gasteiger partial charge on any atom is -0.437 e. The lowest BCUT2D eigenvalue weighted by Crippen LogP contribution is -2.60. The molecule has 1 aromatic carbocycles. The van der Waals surface area contributed by atoms with Crippen LogP contribution in [-0.2, 0) is 16.5 Å². The topological polar surface area (TPSA) is 36.9 Å². The smallest absolute Gasteiger partial charge is 0.317 e. The molecule has 34 heavy (non-hydrogen) atoms. The van der Waals surface area contributed by atoms with E-state index in [-0.39, 0.29) is 0 Å². The van der Waals surface area contributed by atoms with Gasteiger partial charge in [0.05, 0.1) is 0 Å². The molecule has 0 radical (unpaired) electrons. The van der Waals surface area contributed by atoms with Gasteiger partial charge in [0, 0.05) is 0 Å². The lowest BCUT2D eigenvalue weighted by atomic mass is 10.0. The average molecular weight is 559 g/mol. The summed E-state index contributed by atoms with van der Waals surface area (Å²) in [6, 6.07) is 12.7. The van der Waals surface area contributed by atoms with Crippen molar-refractivity contribution in [1.29, 1.82) is 0 Å². The molecule has 9 heteroatoms. The fourth-order valence-corrected chi connectivity index (χ4v) is 29.9. The molecule has 0 heterocycles. The zero-order valence-corrected chi connectivity index (χ0v) is 29.5. The molecule has 0 fully saturated rings. The highest BCUT2D eigenvalue weighted by Gasteiger charge is 2.50.